The van der Waals surface area contributed by atoms with Crippen LogP contribution < -0.4 is 5.73 Å². The normalized spacial score (nSPS) is 17.9. The summed E-state index contributed by atoms with van der Waals surface area (Å²) in [7, 11) is 0. The van der Waals surface area contributed by atoms with Gasteiger partial charge in [-0.15, -0.1) is 0 Å². The molecule has 102 valence electrons. The number of nitrogens with two attached hydrogens (primary N) is 1. The van der Waals surface area contributed by atoms with E-state index in [1.165, 1.54) is 12.8 Å². The van der Waals surface area contributed by atoms with Crippen LogP contribution in [0.15, 0.2) is 6.33 Å². The number of nitrogens with zero attached hydrogens (tertiary/aromatic N) is 4. The minimum Gasteiger partial charge on any atom is -0.382 e. The van der Waals surface area contributed by atoms with Gasteiger partial charge in [0.15, 0.2) is 11.5 Å². The first-order valence-electron chi connectivity index (χ1n) is 6.88. The van der Waals surface area contributed by atoms with E-state index >= 15 is 0 Å². The van der Waals surface area contributed by atoms with Gasteiger partial charge in [0.05, 0.1) is 6.33 Å². The molecule has 0 aromatic carbocycles. The third-order valence-electron chi connectivity index (χ3n) is 4.08. The fraction of sp³-hybridized carbons (Fsp3) is 0.643. The number of rotatable bonds is 2. The van der Waals surface area contributed by atoms with Gasteiger partial charge in [-0.05, 0) is 25.2 Å². The molecule has 19 heavy (non-hydrogen) atoms. The summed E-state index contributed by atoms with van der Waals surface area (Å²) < 4.78 is 2.12. The van der Waals surface area contributed by atoms with E-state index in [-0.39, 0.29) is 5.41 Å². The maximum Gasteiger partial charge on any atom is 0.166 e. The average Bonchev–Trinajstić information content (AvgIpc) is 3.07. The molecule has 1 fully saturated rings. The molecule has 5 heteroatoms. The second kappa shape index (κ2) is 3.92. The Morgan fingerprint density at radius 2 is 2.00 bits per heavy atom. The molecule has 0 bridgehead atoms. The zero-order valence-electron chi connectivity index (χ0n) is 12.0. The second-order valence-corrected chi connectivity index (χ2v) is 6.61. The second-order valence-electron chi connectivity index (χ2n) is 6.61. The molecule has 2 N–H and O–H groups in total. The van der Waals surface area contributed by atoms with E-state index in [0.29, 0.717) is 17.8 Å². The highest BCUT2D eigenvalue weighted by Gasteiger charge is 2.29. The van der Waals surface area contributed by atoms with E-state index in [1.807, 2.05) is 6.33 Å². The van der Waals surface area contributed by atoms with Crippen LogP contribution in [0, 0.1) is 5.41 Å². The SMILES string of the molecule is CC(n1cnc2c(N)nc(C3CC3)nc21)C(C)(C)C. The lowest BCUT2D eigenvalue weighted by Crippen LogP contribution is -2.21. The van der Waals surface area contributed by atoms with Crippen LogP contribution in [0.4, 0.5) is 5.82 Å². The van der Waals surface area contributed by atoms with Crippen molar-refractivity contribution in [3.05, 3.63) is 12.2 Å². The Balaban J connectivity index is 2.15. The fourth-order valence-corrected chi connectivity index (χ4v) is 2.18. The molecule has 1 atom stereocenters. The molecule has 0 spiro atoms. The number of aromatic nitrogens is 4. The van der Waals surface area contributed by atoms with Crippen molar-refractivity contribution in [2.75, 3.05) is 5.73 Å². The van der Waals surface area contributed by atoms with Crippen molar-refractivity contribution >= 4 is 17.0 Å². The Hall–Kier alpha value is -1.65. The molecule has 1 saturated carbocycles. The van der Waals surface area contributed by atoms with Crippen molar-refractivity contribution in [2.45, 2.75) is 52.5 Å². The Kier molecular flexibility index (Phi) is 2.56. The van der Waals surface area contributed by atoms with E-state index < -0.39 is 0 Å². The quantitative estimate of drug-likeness (QED) is 0.900. The summed E-state index contributed by atoms with van der Waals surface area (Å²) in [6.07, 6.45) is 4.18. The minimum absolute atomic E-state index is 0.146. The van der Waals surface area contributed by atoms with Gasteiger partial charge in [0.25, 0.3) is 0 Å². The molecule has 1 aliphatic rings. The van der Waals surface area contributed by atoms with Gasteiger partial charge in [0.2, 0.25) is 0 Å². The van der Waals surface area contributed by atoms with Gasteiger partial charge in [-0.3, -0.25) is 0 Å². The third kappa shape index (κ3) is 2.07. The van der Waals surface area contributed by atoms with Gasteiger partial charge >= 0.3 is 0 Å². The molecule has 2 aromatic heterocycles. The van der Waals surface area contributed by atoms with Crippen LogP contribution in [0.25, 0.3) is 11.2 Å². The zero-order chi connectivity index (χ0) is 13.8. The predicted octanol–water partition coefficient (Wildman–Crippen LogP) is 2.89. The molecular weight excluding hydrogens is 238 g/mol. The molecule has 1 unspecified atom stereocenters. The highest BCUT2D eigenvalue weighted by Crippen LogP contribution is 2.39. The smallest absolute Gasteiger partial charge is 0.166 e. The standard InChI is InChI=1S/C14H21N5/c1-8(14(2,3)4)19-7-16-10-11(15)17-12(9-5-6-9)18-13(10)19/h7-9H,5-6H2,1-4H3,(H2,15,17,18). The van der Waals surface area contributed by atoms with Crippen LogP contribution in [0.1, 0.15) is 58.3 Å². The van der Waals surface area contributed by atoms with E-state index in [9.17, 15) is 0 Å². The van der Waals surface area contributed by atoms with E-state index in [4.69, 9.17) is 10.7 Å². The number of anilines is 1. The van der Waals surface area contributed by atoms with Gasteiger partial charge in [-0.1, -0.05) is 20.8 Å². The molecule has 0 aliphatic heterocycles. The Bertz CT molecular complexity index is 619. The lowest BCUT2D eigenvalue weighted by atomic mass is 9.88. The minimum atomic E-state index is 0.146. The number of nitrogen functional groups attached to an aromatic ring is 1. The van der Waals surface area contributed by atoms with Crippen LogP contribution in [0.5, 0.6) is 0 Å². The summed E-state index contributed by atoms with van der Waals surface area (Å²) in [5.74, 6) is 1.89. The number of hydrogen-bond donors (Lipinski definition) is 1. The van der Waals surface area contributed by atoms with E-state index in [1.54, 1.807) is 0 Å². The summed E-state index contributed by atoms with van der Waals surface area (Å²) in [5.41, 5.74) is 7.76. The summed E-state index contributed by atoms with van der Waals surface area (Å²) in [6, 6.07) is 0.304. The first kappa shape index (κ1) is 12.4. The molecule has 0 saturated heterocycles. The monoisotopic (exact) mass is 259 g/mol. The van der Waals surface area contributed by atoms with Gasteiger partial charge in [-0.2, -0.15) is 0 Å². The Labute approximate surface area is 113 Å². The highest BCUT2D eigenvalue weighted by atomic mass is 15.2. The Morgan fingerprint density at radius 3 is 2.58 bits per heavy atom. The third-order valence-corrected chi connectivity index (χ3v) is 4.08. The average molecular weight is 259 g/mol. The van der Waals surface area contributed by atoms with Crippen LogP contribution >= 0.6 is 0 Å². The van der Waals surface area contributed by atoms with Crippen LogP contribution in [0.2, 0.25) is 0 Å². The van der Waals surface area contributed by atoms with Crippen LogP contribution in [-0.2, 0) is 0 Å². The van der Waals surface area contributed by atoms with Crippen LogP contribution in [0.3, 0.4) is 0 Å². The molecule has 5 nitrogen and oxygen atoms in total. The van der Waals surface area contributed by atoms with Crippen LogP contribution in [-0.4, -0.2) is 19.5 Å². The van der Waals surface area contributed by atoms with Gasteiger partial charge in [0.1, 0.15) is 11.3 Å². The lowest BCUT2D eigenvalue weighted by Gasteiger charge is -2.28. The van der Waals surface area contributed by atoms with Crippen molar-refractivity contribution in [1.82, 2.24) is 19.5 Å². The largest absolute Gasteiger partial charge is 0.382 e. The number of hydrogen-bond acceptors (Lipinski definition) is 4. The molecule has 0 amide bonds. The topological polar surface area (TPSA) is 69.6 Å². The van der Waals surface area contributed by atoms with Gasteiger partial charge in [-0.25, -0.2) is 15.0 Å². The molecule has 0 radical (unpaired) electrons. The molecule has 2 aromatic rings. The van der Waals surface area contributed by atoms with Crippen molar-refractivity contribution in [2.24, 2.45) is 5.41 Å². The summed E-state index contributed by atoms with van der Waals surface area (Å²) in [5, 5.41) is 0. The predicted molar refractivity (Wildman–Crippen MR) is 75.9 cm³/mol. The highest BCUT2D eigenvalue weighted by molar-refractivity contribution is 5.81. The first-order chi connectivity index (χ1) is 8.88. The maximum atomic E-state index is 6.02. The van der Waals surface area contributed by atoms with Gasteiger partial charge < -0.3 is 10.3 Å². The number of fused-ring (bicyclic) bond motifs is 1. The molecular formula is C14H21N5. The first-order valence-corrected chi connectivity index (χ1v) is 6.88. The fourth-order valence-electron chi connectivity index (χ4n) is 2.18. The van der Waals surface area contributed by atoms with E-state index in [0.717, 1.165) is 17.0 Å². The summed E-state index contributed by atoms with van der Waals surface area (Å²) in [6.45, 7) is 8.85. The molecule has 1 aliphatic carbocycles. The molecule has 3 rings (SSSR count). The van der Waals surface area contributed by atoms with Crippen molar-refractivity contribution in [3.63, 3.8) is 0 Å². The van der Waals surface area contributed by atoms with E-state index in [2.05, 4.69) is 42.2 Å². The lowest BCUT2D eigenvalue weighted by molar-refractivity contribution is 0.266. The summed E-state index contributed by atoms with van der Waals surface area (Å²) >= 11 is 0. The Morgan fingerprint density at radius 1 is 1.32 bits per heavy atom. The van der Waals surface area contributed by atoms with Crippen molar-refractivity contribution in [1.29, 1.82) is 0 Å². The summed E-state index contributed by atoms with van der Waals surface area (Å²) in [4.78, 5) is 13.5. The number of imidazole rings is 1. The maximum absolute atomic E-state index is 6.02. The van der Waals surface area contributed by atoms with Crippen molar-refractivity contribution in [3.8, 4) is 0 Å². The van der Waals surface area contributed by atoms with Crippen molar-refractivity contribution < 1.29 is 0 Å². The van der Waals surface area contributed by atoms with Gasteiger partial charge in [0, 0.05) is 12.0 Å². The zero-order valence-corrected chi connectivity index (χ0v) is 12.0. The molecule has 2 heterocycles.